The molecule has 168 valence electrons. The second kappa shape index (κ2) is 9.71. The van der Waals surface area contributed by atoms with Crippen molar-refractivity contribution in [2.24, 2.45) is 5.92 Å². The van der Waals surface area contributed by atoms with Crippen molar-refractivity contribution in [2.75, 3.05) is 10.6 Å². The highest BCUT2D eigenvalue weighted by atomic mass is 35.5. The Balaban J connectivity index is 1.52. The fourth-order valence-corrected chi connectivity index (χ4v) is 4.28. The van der Waals surface area contributed by atoms with Crippen molar-refractivity contribution in [3.8, 4) is 0 Å². The largest absolute Gasteiger partial charge is 0.449 e. The number of amides is 2. The topological polar surface area (TPSA) is 96.3 Å². The van der Waals surface area contributed by atoms with Crippen LogP contribution in [0.25, 0.3) is 11.0 Å². The maximum atomic E-state index is 13.1. The van der Waals surface area contributed by atoms with Crippen LogP contribution in [-0.4, -0.2) is 28.9 Å². The summed E-state index contributed by atoms with van der Waals surface area (Å²) in [7, 11) is 0. The van der Waals surface area contributed by atoms with Gasteiger partial charge in [-0.1, -0.05) is 37.6 Å². The first-order chi connectivity index (χ1) is 15.4. The van der Waals surface area contributed by atoms with Gasteiger partial charge in [-0.2, -0.15) is 0 Å². The lowest BCUT2D eigenvalue weighted by Gasteiger charge is -2.29. The van der Waals surface area contributed by atoms with Gasteiger partial charge in [-0.15, -0.1) is 0 Å². The number of halogens is 1. The van der Waals surface area contributed by atoms with Gasteiger partial charge in [0.2, 0.25) is 11.7 Å². The van der Waals surface area contributed by atoms with E-state index < -0.39 is 5.91 Å². The molecule has 2 amide bonds. The first-order valence-electron chi connectivity index (χ1n) is 10.9. The molecule has 4 rings (SSSR count). The van der Waals surface area contributed by atoms with Gasteiger partial charge in [0.25, 0.3) is 5.91 Å². The van der Waals surface area contributed by atoms with Gasteiger partial charge in [0.05, 0.1) is 5.02 Å². The number of aromatic nitrogens is 1. The molecule has 0 atom stereocenters. The molecule has 1 saturated carbocycles. The summed E-state index contributed by atoms with van der Waals surface area (Å²) in [5.74, 6) is -0.281. The zero-order valence-electron chi connectivity index (χ0n) is 18.2. The number of para-hydroxylation sites is 1. The van der Waals surface area contributed by atoms with Crippen molar-refractivity contribution in [3.05, 3.63) is 53.4 Å². The third-order valence-electron chi connectivity index (χ3n) is 5.69. The molecule has 1 aromatic carbocycles. The molecule has 0 bridgehead atoms. The van der Waals surface area contributed by atoms with Crippen LogP contribution in [0.5, 0.6) is 0 Å². The lowest BCUT2D eigenvalue weighted by atomic mass is 9.85. The molecule has 8 heteroatoms. The molecule has 0 aliphatic heterocycles. The number of hydrogen-bond donors (Lipinski definition) is 3. The van der Waals surface area contributed by atoms with Crippen LogP contribution in [0.4, 0.5) is 11.5 Å². The lowest BCUT2D eigenvalue weighted by molar-refractivity contribution is -0.120. The van der Waals surface area contributed by atoms with E-state index >= 15 is 0 Å². The quantitative estimate of drug-likeness (QED) is 0.474. The normalized spacial score (nSPS) is 18.6. The molecule has 1 aliphatic rings. The number of nitrogens with zero attached hydrogens (tertiary/aromatic N) is 1. The Kier molecular flexibility index (Phi) is 6.77. The molecule has 0 spiro atoms. The van der Waals surface area contributed by atoms with E-state index in [1.54, 1.807) is 18.2 Å². The van der Waals surface area contributed by atoms with E-state index in [2.05, 4.69) is 34.8 Å². The SMILES string of the molecule is CC(C)NC1CCC(C(=O)Nc2c(C(=O)Nc3ccc(Cl)cn3)oc3ccccc23)CC1. The van der Waals surface area contributed by atoms with Crippen molar-refractivity contribution in [2.45, 2.75) is 51.6 Å². The Labute approximate surface area is 191 Å². The standard InChI is InChI=1S/C24H27ClN4O3/c1-14(2)27-17-10-7-15(8-11-17)23(30)29-21-18-5-3-4-6-19(18)32-22(21)24(31)28-20-12-9-16(25)13-26-20/h3-6,9,12-15,17,27H,7-8,10-11H2,1-2H3,(H,29,30)(H,26,28,31). The van der Waals surface area contributed by atoms with Crippen molar-refractivity contribution < 1.29 is 14.0 Å². The smallest absolute Gasteiger partial charge is 0.294 e. The van der Waals surface area contributed by atoms with Gasteiger partial charge in [0.1, 0.15) is 17.1 Å². The summed E-state index contributed by atoms with van der Waals surface area (Å²) in [5, 5.41) is 10.4. The number of hydrogen-bond acceptors (Lipinski definition) is 5. The Bertz CT molecular complexity index is 1100. The number of carbonyl (C=O) groups is 2. The Morgan fingerprint density at radius 3 is 2.50 bits per heavy atom. The molecular formula is C24H27ClN4O3. The van der Waals surface area contributed by atoms with Crippen LogP contribution in [0.3, 0.4) is 0 Å². The van der Waals surface area contributed by atoms with Gasteiger partial charge < -0.3 is 20.4 Å². The van der Waals surface area contributed by atoms with Crippen LogP contribution in [0, 0.1) is 5.92 Å². The Morgan fingerprint density at radius 1 is 1.06 bits per heavy atom. The molecule has 0 unspecified atom stereocenters. The molecule has 1 aliphatic carbocycles. The fourth-order valence-electron chi connectivity index (χ4n) is 4.17. The van der Waals surface area contributed by atoms with Crippen LogP contribution in [0.2, 0.25) is 5.02 Å². The number of anilines is 2. The fraction of sp³-hybridized carbons (Fsp3) is 0.375. The van der Waals surface area contributed by atoms with Gasteiger partial charge >= 0.3 is 0 Å². The summed E-state index contributed by atoms with van der Waals surface area (Å²) in [6, 6.07) is 11.4. The number of furan rings is 1. The molecule has 7 nitrogen and oxygen atoms in total. The highest BCUT2D eigenvalue weighted by molar-refractivity contribution is 6.30. The molecule has 3 N–H and O–H groups in total. The molecule has 0 radical (unpaired) electrons. The van der Waals surface area contributed by atoms with E-state index in [0.717, 1.165) is 25.7 Å². The molecular weight excluding hydrogens is 428 g/mol. The van der Waals surface area contributed by atoms with Gasteiger partial charge in [0, 0.05) is 29.6 Å². The Hall–Kier alpha value is -2.90. The zero-order chi connectivity index (χ0) is 22.7. The van der Waals surface area contributed by atoms with Crippen molar-refractivity contribution >= 4 is 45.9 Å². The van der Waals surface area contributed by atoms with Crippen molar-refractivity contribution in [3.63, 3.8) is 0 Å². The molecule has 1 fully saturated rings. The predicted molar refractivity (Wildman–Crippen MR) is 126 cm³/mol. The second-order valence-corrected chi connectivity index (χ2v) is 8.91. The van der Waals surface area contributed by atoms with Crippen LogP contribution < -0.4 is 16.0 Å². The second-order valence-electron chi connectivity index (χ2n) is 8.48. The van der Waals surface area contributed by atoms with E-state index in [1.165, 1.54) is 6.20 Å². The van der Waals surface area contributed by atoms with E-state index in [1.807, 2.05) is 18.2 Å². The average molecular weight is 455 g/mol. The number of pyridine rings is 1. The average Bonchev–Trinajstić information content (AvgIpc) is 3.14. The molecule has 0 saturated heterocycles. The number of nitrogens with one attached hydrogen (secondary N) is 3. The maximum absolute atomic E-state index is 13.1. The molecule has 32 heavy (non-hydrogen) atoms. The summed E-state index contributed by atoms with van der Waals surface area (Å²) in [5.41, 5.74) is 0.918. The number of rotatable bonds is 6. The van der Waals surface area contributed by atoms with Crippen molar-refractivity contribution in [1.29, 1.82) is 0 Å². The van der Waals surface area contributed by atoms with Crippen molar-refractivity contribution in [1.82, 2.24) is 10.3 Å². The zero-order valence-corrected chi connectivity index (χ0v) is 18.9. The molecule has 2 aromatic heterocycles. The third-order valence-corrected chi connectivity index (χ3v) is 5.91. The summed E-state index contributed by atoms with van der Waals surface area (Å²) in [4.78, 5) is 30.1. The van der Waals surface area contributed by atoms with E-state index in [0.29, 0.717) is 39.6 Å². The number of benzene rings is 1. The summed E-state index contributed by atoms with van der Waals surface area (Å²) >= 11 is 5.86. The van der Waals surface area contributed by atoms with Crippen LogP contribution in [0.15, 0.2) is 47.0 Å². The summed E-state index contributed by atoms with van der Waals surface area (Å²) in [6.45, 7) is 4.27. The van der Waals surface area contributed by atoms with E-state index in [-0.39, 0.29) is 17.6 Å². The Morgan fingerprint density at radius 2 is 1.81 bits per heavy atom. The highest BCUT2D eigenvalue weighted by Crippen LogP contribution is 2.33. The van der Waals surface area contributed by atoms with E-state index in [9.17, 15) is 9.59 Å². The number of fused-ring (bicyclic) bond motifs is 1. The highest BCUT2D eigenvalue weighted by Gasteiger charge is 2.29. The minimum absolute atomic E-state index is 0.0476. The molecule has 3 aromatic rings. The maximum Gasteiger partial charge on any atom is 0.294 e. The van der Waals surface area contributed by atoms with Gasteiger partial charge in [-0.25, -0.2) is 4.98 Å². The van der Waals surface area contributed by atoms with Crippen LogP contribution in [0.1, 0.15) is 50.1 Å². The third kappa shape index (κ3) is 5.11. The predicted octanol–water partition coefficient (Wildman–Crippen LogP) is 5.23. The summed E-state index contributed by atoms with van der Waals surface area (Å²) in [6.07, 6.45) is 4.98. The van der Waals surface area contributed by atoms with Gasteiger partial charge in [0.15, 0.2) is 0 Å². The monoisotopic (exact) mass is 454 g/mol. The van der Waals surface area contributed by atoms with Crippen LogP contribution in [-0.2, 0) is 4.79 Å². The van der Waals surface area contributed by atoms with Crippen LogP contribution >= 0.6 is 11.6 Å². The minimum Gasteiger partial charge on any atom is -0.449 e. The van der Waals surface area contributed by atoms with Gasteiger partial charge in [-0.05, 0) is 49.9 Å². The summed E-state index contributed by atoms with van der Waals surface area (Å²) < 4.78 is 5.82. The minimum atomic E-state index is -0.490. The first kappa shape index (κ1) is 22.3. The number of carbonyl (C=O) groups excluding carboxylic acids is 2. The lowest BCUT2D eigenvalue weighted by Crippen LogP contribution is -2.39. The first-order valence-corrected chi connectivity index (χ1v) is 11.3. The van der Waals surface area contributed by atoms with Gasteiger partial charge in [-0.3, -0.25) is 9.59 Å². The molecule has 2 heterocycles. The van der Waals surface area contributed by atoms with E-state index in [4.69, 9.17) is 16.0 Å².